The molecule has 2 aromatic rings. The van der Waals surface area contributed by atoms with Gasteiger partial charge in [0, 0.05) is 36.8 Å². The smallest absolute Gasteiger partial charge is 0.237 e. The normalized spacial score (nSPS) is 18.3. The van der Waals surface area contributed by atoms with Crippen LogP contribution in [-0.2, 0) is 22.6 Å². The fraction of sp³-hybridized carbons (Fsp3) is 0.550. The molecule has 0 aliphatic carbocycles. The first kappa shape index (κ1) is 18.7. The summed E-state index contributed by atoms with van der Waals surface area (Å²) in [5.74, 6) is 0.480. The molecule has 2 N–H and O–H groups in total. The highest BCUT2D eigenvalue weighted by Gasteiger charge is 2.22. The lowest BCUT2D eigenvalue weighted by atomic mass is 10.1. The Kier molecular flexibility index (Phi) is 6.16. The van der Waals surface area contributed by atoms with Gasteiger partial charge in [0.2, 0.25) is 5.91 Å². The average molecular weight is 359 g/mol. The molecule has 26 heavy (non-hydrogen) atoms. The summed E-state index contributed by atoms with van der Waals surface area (Å²) in [7, 11) is 1.67. The number of nitrogens with zero attached hydrogens (tertiary/aromatic N) is 2. The molecule has 6 heteroatoms. The number of nitrogens with two attached hydrogens (primary N) is 1. The van der Waals surface area contributed by atoms with E-state index in [0.29, 0.717) is 6.10 Å². The van der Waals surface area contributed by atoms with Crippen LogP contribution in [0.15, 0.2) is 24.4 Å². The number of aromatic nitrogens is 1. The van der Waals surface area contributed by atoms with E-state index in [9.17, 15) is 4.79 Å². The number of fused-ring (bicyclic) bond motifs is 1. The van der Waals surface area contributed by atoms with E-state index < -0.39 is 0 Å². The summed E-state index contributed by atoms with van der Waals surface area (Å²) < 4.78 is 13.3. The molecular formula is C20H29N3O3. The van der Waals surface area contributed by atoms with Crippen molar-refractivity contribution in [1.29, 1.82) is 0 Å². The molecule has 6 nitrogen and oxygen atoms in total. The van der Waals surface area contributed by atoms with E-state index in [2.05, 4.69) is 11.8 Å². The number of hydrogen-bond donors (Lipinski definition) is 1. The van der Waals surface area contributed by atoms with Crippen LogP contribution in [0.25, 0.3) is 10.9 Å². The predicted octanol–water partition coefficient (Wildman–Crippen LogP) is 2.53. The Morgan fingerprint density at radius 3 is 2.96 bits per heavy atom. The number of benzene rings is 1. The summed E-state index contributed by atoms with van der Waals surface area (Å²) in [5.41, 5.74) is 7.62. The lowest BCUT2D eigenvalue weighted by Crippen LogP contribution is -2.39. The van der Waals surface area contributed by atoms with Crippen molar-refractivity contribution in [2.75, 3.05) is 26.8 Å². The van der Waals surface area contributed by atoms with Crippen molar-refractivity contribution in [3.63, 3.8) is 0 Å². The lowest BCUT2D eigenvalue weighted by Gasteiger charge is -2.32. The van der Waals surface area contributed by atoms with Crippen LogP contribution in [0.4, 0.5) is 0 Å². The fourth-order valence-electron chi connectivity index (χ4n) is 3.72. The van der Waals surface area contributed by atoms with Crippen LogP contribution in [0.5, 0.6) is 5.75 Å². The summed E-state index contributed by atoms with van der Waals surface area (Å²) in [6, 6.07) is 5.94. The fourth-order valence-corrected chi connectivity index (χ4v) is 3.72. The van der Waals surface area contributed by atoms with E-state index in [0.717, 1.165) is 62.2 Å². The Labute approximate surface area is 154 Å². The average Bonchev–Trinajstić information content (AvgIpc) is 2.96. The zero-order valence-electron chi connectivity index (χ0n) is 15.7. The first-order valence-corrected chi connectivity index (χ1v) is 9.38. The van der Waals surface area contributed by atoms with E-state index in [1.54, 1.807) is 7.11 Å². The van der Waals surface area contributed by atoms with Crippen molar-refractivity contribution in [3.05, 3.63) is 30.0 Å². The van der Waals surface area contributed by atoms with Crippen molar-refractivity contribution in [2.45, 2.75) is 45.4 Å². The van der Waals surface area contributed by atoms with Crippen molar-refractivity contribution >= 4 is 16.8 Å². The minimum Gasteiger partial charge on any atom is -0.497 e. The van der Waals surface area contributed by atoms with Crippen LogP contribution >= 0.6 is 0 Å². The van der Waals surface area contributed by atoms with Gasteiger partial charge < -0.3 is 19.8 Å². The maximum atomic E-state index is 11.4. The maximum Gasteiger partial charge on any atom is 0.237 e. The van der Waals surface area contributed by atoms with Crippen LogP contribution < -0.4 is 10.5 Å². The Morgan fingerprint density at radius 2 is 2.23 bits per heavy atom. The Hall–Kier alpha value is -2.05. The minimum atomic E-state index is -0.338. The van der Waals surface area contributed by atoms with Gasteiger partial charge in [0.25, 0.3) is 0 Å². The molecule has 1 fully saturated rings. The molecule has 3 rings (SSSR count). The van der Waals surface area contributed by atoms with Crippen LogP contribution in [0.2, 0.25) is 0 Å². The molecule has 1 aliphatic heterocycles. The molecular weight excluding hydrogens is 330 g/mol. The van der Waals surface area contributed by atoms with Gasteiger partial charge in [-0.05, 0) is 49.6 Å². The monoisotopic (exact) mass is 359 g/mol. The third-order valence-electron chi connectivity index (χ3n) is 4.91. The topological polar surface area (TPSA) is 69.7 Å². The molecule has 1 saturated heterocycles. The van der Waals surface area contributed by atoms with Crippen LogP contribution in [-0.4, -0.2) is 48.3 Å². The van der Waals surface area contributed by atoms with Gasteiger partial charge in [-0.15, -0.1) is 0 Å². The van der Waals surface area contributed by atoms with E-state index >= 15 is 0 Å². The third-order valence-corrected chi connectivity index (χ3v) is 4.91. The molecule has 0 bridgehead atoms. The summed E-state index contributed by atoms with van der Waals surface area (Å²) in [6.45, 7) is 6.01. The molecule has 0 saturated carbocycles. The van der Waals surface area contributed by atoms with Gasteiger partial charge in [0.1, 0.15) is 12.3 Å². The molecule has 1 amide bonds. The van der Waals surface area contributed by atoms with Gasteiger partial charge in [-0.2, -0.15) is 0 Å². The second-order valence-corrected chi connectivity index (χ2v) is 7.00. The predicted molar refractivity (Wildman–Crippen MR) is 102 cm³/mol. The number of methoxy groups -OCH3 is 1. The van der Waals surface area contributed by atoms with Gasteiger partial charge in [-0.25, -0.2) is 0 Å². The highest BCUT2D eigenvalue weighted by atomic mass is 16.5. The van der Waals surface area contributed by atoms with E-state index in [1.807, 2.05) is 29.0 Å². The number of hydrogen-bond acceptors (Lipinski definition) is 4. The largest absolute Gasteiger partial charge is 0.497 e. The lowest BCUT2D eigenvalue weighted by molar-refractivity contribution is -0.118. The van der Waals surface area contributed by atoms with Crippen LogP contribution in [0, 0.1) is 0 Å². The summed E-state index contributed by atoms with van der Waals surface area (Å²) >= 11 is 0. The zero-order valence-corrected chi connectivity index (χ0v) is 15.7. The highest BCUT2D eigenvalue weighted by molar-refractivity contribution is 5.87. The first-order valence-electron chi connectivity index (χ1n) is 9.38. The molecule has 0 spiro atoms. The molecule has 1 aliphatic rings. The molecule has 1 aromatic heterocycles. The number of carbonyl (C=O) groups excluding carboxylic acids is 1. The number of amides is 1. The second kappa shape index (κ2) is 8.56. The van der Waals surface area contributed by atoms with Gasteiger partial charge in [0.05, 0.1) is 13.2 Å². The number of rotatable bonds is 8. The zero-order chi connectivity index (χ0) is 18.5. The van der Waals surface area contributed by atoms with Crippen molar-refractivity contribution < 1.29 is 14.3 Å². The maximum absolute atomic E-state index is 11.4. The quantitative estimate of drug-likeness (QED) is 0.786. The van der Waals surface area contributed by atoms with Gasteiger partial charge in [-0.1, -0.05) is 6.92 Å². The Morgan fingerprint density at radius 1 is 1.38 bits per heavy atom. The van der Waals surface area contributed by atoms with E-state index in [-0.39, 0.29) is 12.5 Å². The number of ether oxygens (including phenoxy) is 2. The molecule has 2 heterocycles. The summed E-state index contributed by atoms with van der Waals surface area (Å²) in [6.07, 6.45) is 5.70. The number of piperidine rings is 1. The SMILES string of the molecule is CCCO[C@H]1CCCN(Cc2cn(CC(N)=O)c3ccc(OC)cc23)C1. The molecule has 1 aromatic carbocycles. The molecule has 1 atom stereocenters. The highest BCUT2D eigenvalue weighted by Crippen LogP contribution is 2.28. The van der Waals surface area contributed by atoms with Crippen molar-refractivity contribution in [1.82, 2.24) is 9.47 Å². The molecule has 142 valence electrons. The molecule has 0 radical (unpaired) electrons. The van der Waals surface area contributed by atoms with Crippen molar-refractivity contribution in [2.24, 2.45) is 5.73 Å². The van der Waals surface area contributed by atoms with Crippen LogP contribution in [0.3, 0.4) is 0 Å². The van der Waals surface area contributed by atoms with Crippen molar-refractivity contribution in [3.8, 4) is 5.75 Å². The number of carbonyl (C=O) groups is 1. The molecule has 0 unspecified atom stereocenters. The number of primary amides is 1. The second-order valence-electron chi connectivity index (χ2n) is 7.00. The van der Waals surface area contributed by atoms with Gasteiger partial charge >= 0.3 is 0 Å². The van der Waals surface area contributed by atoms with Gasteiger partial charge in [0.15, 0.2) is 0 Å². The Bertz CT molecular complexity index is 756. The first-order chi connectivity index (χ1) is 12.6. The summed E-state index contributed by atoms with van der Waals surface area (Å²) in [5, 5.41) is 1.11. The van der Waals surface area contributed by atoms with Crippen LogP contribution in [0.1, 0.15) is 31.7 Å². The summed E-state index contributed by atoms with van der Waals surface area (Å²) in [4.78, 5) is 13.9. The number of likely N-dealkylation sites (tertiary alicyclic amines) is 1. The third kappa shape index (κ3) is 4.37. The van der Waals surface area contributed by atoms with Gasteiger partial charge in [-0.3, -0.25) is 9.69 Å². The standard InChI is InChI=1S/C20H29N3O3/c1-3-9-26-17-5-4-8-22(13-17)11-15-12-23(14-20(21)24)19-7-6-16(25-2)10-18(15)19/h6-7,10,12,17H,3-5,8-9,11,13-14H2,1-2H3,(H2,21,24)/t17-/m0/s1. The van der Waals surface area contributed by atoms with E-state index in [1.165, 1.54) is 5.56 Å². The Balaban J connectivity index is 1.82. The van der Waals surface area contributed by atoms with E-state index in [4.69, 9.17) is 15.2 Å². The minimum absolute atomic E-state index is 0.186.